The summed E-state index contributed by atoms with van der Waals surface area (Å²) in [7, 11) is -3.61. The highest BCUT2D eigenvalue weighted by Gasteiger charge is 2.31. The van der Waals surface area contributed by atoms with Crippen LogP contribution in [-0.4, -0.2) is 14.5 Å². The number of hydrogen-bond donors (Lipinski definition) is 2. The van der Waals surface area contributed by atoms with E-state index in [2.05, 4.69) is 18.6 Å². The first kappa shape index (κ1) is 16.6. The van der Waals surface area contributed by atoms with E-state index in [0.717, 1.165) is 19.3 Å². The summed E-state index contributed by atoms with van der Waals surface area (Å²) in [6.45, 7) is 4.29. The Balaban J connectivity index is 2.23. The summed E-state index contributed by atoms with van der Waals surface area (Å²) in [5, 5.41) is 0.434. The van der Waals surface area contributed by atoms with Gasteiger partial charge in [-0.2, -0.15) is 0 Å². The van der Waals surface area contributed by atoms with Crippen molar-refractivity contribution in [3.8, 4) is 0 Å². The molecule has 0 amide bonds. The smallest absolute Gasteiger partial charge is 0.242 e. The zero-order valence-corrected chi connectivity index (χ0v) is 14.0. The molecule has 0 saturated heterocycles. The minimum atomic E-state index is -3.61. The van der Waals surface area contributed by atoms with Gasteiger partial charge in [-0.05, 0) is 42.9 Å². The van der Waals surface area contributed by atoms with Crippen LogP contribution in [0.4, 0.5) is 5.69 Å². The van der Waals surface area contributed by atoms with Crippen molar-refractivity contribution >= 4 is 27.3 Å². The Bertz CT molecular complexity index is 602. The second kappa shape index (κ2) is 6.55. The highest BCUT2D eigenvalue weighted by molar-refractivity contribution is 7.89. The van der Waals surface area contributed by atoms with Crippen LogP contribution < -0.4 is 10.5 Å². The van der Waals surface area contributed by atoms with Gasteiger partial charge in [-0.25, -0.2) is 13.1 Å². The molecule has 0 spiro atoms. The molecule has 1 aromatic carbocycles. The van der Waals surface area contributed by atoms with Gasteiger partial charge in [-0.1, -0.05) is 38.3 Å². The third-order valence-electron chi connectivity index (χ3n) is 4.24. The predicted molar refractivity (Wildman–Crippen MR) is 86.8 cm³/mol. The maximum Gasteiger partial charge on any atom is 0.242 e. The summed E-state index contributed by atoms with van der Waals surface area (Å²) in [5.74, 6) is 0.836. The standard InChI is InChI=1S/C15H23ClN2O2S/c1-10(2)12-5-3-4-6-14(12)18-21(19,20)15-8-7-11(16)9-13(15)17/h7-10,12,14,18H,3-6,17H2,1-2H3. The van der Waals surface area contributed by atoms with Crippen LogP contribution in [0.5, 0.6) is 0 Å². The number of hydrogen-bond acceptors (Lipinski definition) is 3. The number of nitrogens with two attached hydrogens (primary N) is 1. The van der Waals surface area contributed by atoms with Crippen molar-refractivity contribution in [1.82, 2.24) is 4.72 Å². The van der Waals surface area contributed by atoms with E-state index in [4.69, 9.17) is 17.3 Å². The summed E-state index contributed by atoms with van der Waals surface area (Å²) in [6.07, 6.45) is 4.19. The van der Waals surface area contributed by atoms with Crippen molar-refractivity contribution in [2.75, 3.05) is 5.73 Å². The van der Waals surface area contributed by atoms with Crippen LogP contribution in [0.2, 0.25) is 5.02 Å². The number of rotatable bonds is 4. The molecule has 1 fully saturated rings. The Morgan fingerprint density at radius 2 is 1.95 bits per heavy atom. The van der Waals surface area contributed by atoms with E-state index in [1.807, 2.05) is 0 Å². The van der Waals surface area contributed by atoms with Gasteiger partial charge in [0.2, 0.25) is 10.0 Å². The number of anilines is 1. The predicted octanol–water partition coefficient (Wildman–Crippen LogP) is 3.42. The van der Waals surface area contributed by atoms with Crippen molar-refractivity contribution < 1.29 is 8.42 Å². The lowest BCUT2D eigenvalue weighted by molar-refractivity contribution is 0.226. The first-order valence-electron chi connectivity index (χ1n) is 7.38. The average molecular weight is 331 g/mol. The SMILES string of the molecule is CC(C)C1CCCCC1NS(=O)(=O)c1ccc(Cl)cc1N. The topological polar surface area (TPSA) is 72.2 Å². The van der Waals surface area contributed by atoms with E-state index in [0.29, 0.717) is 16.9 Å². The Morgan fingerprint density at radius 1 is 1.29 bits per heavy atom. The number of nitrogen functional groups attached to an aromatic ring is 1. The Labute approximate surface area is 132 Å². The molecule has 1 aliphatic rings. The molecule has 1 aromatic rings. The van der Waals surface area contributed by atoms with Gasteiger partial charge < -0.3 is 5.73 Å². The van der Waals surface area contributed by atoms with E-state index in [1.54, 1.807) is 6.07 Å². The minimum absolute atomic E-state index is 0.0150. The molecule has 118 valence electrons. The molecular formula is C15H23ClN2O2S. The van der Waals surface area contributed by atoms with Gasteiger partial charge >= 0.3 is 0 Å². The molecule has 6 heteroatoms. The lowest BCUT2D eigenvalue weighted by Gasteiger charge is -2.34. The zero-order valence-electron chi connectivity index (χ0n) is 12.5. The molecule has 2 atom stereocenters. The van der Waals surface area contributed by atoms with E-state index in [1.165, 1.54) is 18.6 Å². The van der Waals surface area contributed by atoms with Crippen molar-refractivity contribution in [2.45, 2.75) is 50.5 Å². The summed E-state index contributed by atoms with van der Waals surface area (Å²) in [6, 6.07) is 4.47. The number of sulfonamides is 1. The van der Waals surface area contributed by atoms with Crippen LogP contribution in [0.1, 0.15) is 39.5 Å². The molecule has 2 unspecified atom stereocenters. The first-order valence-corrected chi connectivity index (χ1v) is 9.24. The Morgan fingerprint density at radius 3 is 2.57 bits per heavy atom. The molecule has 4 nitrogen and oxygen atoms in total. The fourth-order valence-electron chi connectivity index (χ4n) is 3.13. The molecule has 21 heavy (non-hydrogen) atoms. The van der Waals surface area contributed by atoms with Crippen molar-refractivity contribution in [2.24, 2.45) is 11.8 Å². The van der Waals surface area contributed by atoms with Crippen LogP contribution in [0, 0.1) is 11.8 Å². The molecule has 0 heterocycles. The van der Waals surface area contributed by atoms with E-state index in [9.17, 15) is 8.42 Å². The summed E-state index contributed by atoms with van der Waals surface area (Å²) < 4.78 is 28.0. The summed E-state index contributed by atoms with van der Waals surface area (Å²) in [5.41, 5.74) is 5.99. The first-order chi connectivity index (χ1) is 9.81. The Hall–Kier alpha value is -0.780. The third-order valence-corrected chi connectivity index (χ3v) is 6.04. The lowest BCUT2D eigenvalue weighted by Crippen LogP contribution is -2.44. The summed E-state index contributed by atoms with van der Waals surface area (Å²) >= 11 is 5.83. The Kier molecular flexibility index (Phi) is 5.17. The molecule has 0 aromatic heterocycles. The quantitative estimate of drug-likeness (QED) is 0.831. The fourth-order valence-corrected chi connectivity index (χ4v) is 4.75. The average Bonchev–Trinajstić information content (AvgIpc) is 2.37. The highest BCUT2D eigenvalue weighted by atomic mass is 35.5. The largest absolute Gasteiger partial charge is 0.398 e. The molecule has 0 bridgehead atoms. The second-order valence-corrected chi connectivity index (χ2v) is 8.22. The van der Waals surface area contributed by atoms with Crippen LogP contribution in [0.3, 0.4) is 0 Å². The molecule has 1 saturated carbocycles. The van der Waals surface area contributed by atoms with Gasteiger partial charge in [0.05, 0.1) is 5.69 Å². The fraction of sp³-hybridized carbons (Fsp3) is 0.600. The van der Waals surface area contributed by atoms with Crippen molar-refractivity contribution in [1.29, 1.82) is 0 Å². The highest BCUT2D eigenvalue weighted by Crippen LogP contribution is 2.32. The monoisotopic (exact) mass is 330 g/mol. The zero-order chi connectivity index (χ0) is 15.6. The van der Waals surface area contributed by atoms with Crippen molar-refractivity contribution in [3.63, 3.8) is 0 Å². The lowest BCUT2D eigenvalue weighted by atomic mass is 9.78. The molecule has 1 aliphatic carbocycles. The van der Waals surface area contributed by atoms with Gasteiger partial charge in [-0.15, -0.1) is 0 Å². The van der Waals surface area contributed by atoms with Crippen molar-refractivity contribution in [3.05, 3.63) is 23.2 Å². The van der Waals surface area contributed by atoms with E-state index in [-0.39, 0.29) is 16.6 Å². The maximum absolute atomic E-state index is 12.6. The normalized spacial score (nSPS) is 23.4. The molecule has 2 rings (SSSR count). The minimum Gasteiger partial charge on any atom is -0.398 e. The van der Waals surface area contributed by atoms with Gasteiger partial charge in [0, 0.05) is 11.1 Å². The van der Waals surface area contributed by atoms with Gasteiger partial charge in [0.15, 0.2) is 0 Å². The number of halogens is 1. The molecule has 0 radical (unpaired) electrons. The number of benzene rings is 1. The van der Waals surface area contributed by atoms with Crippen LogP contribution >= 0.6 is 11.6 Å². The molecular weight excluding hydrogens is 308 g/mol. The van der Waals surface area contributed by atoms with E-state index < -0.39 is 10.0 Å². The summed E-state index contributed by atoms with van der Waals surface area (Å²) in [4.78, 5) is 0.111. The van der Waals surface area contributed by atoms with Crippen LogP contribution in [0.15, 0.2) is 23.1 Å². The van der Waals surface area contributed by atoms with Gasteiger partial charge in [0.25, 0.3) is 0 Å². The van der Waals surface area contributed by atoms with E-state index >= 15 is 0 Å². The van der Waals surface area contributed by atoms with Crippen LogP contribution in [0.25, 0.3) is 0 Å². The number of nitrogens with one attached hydrogen (secondary N) is 1. The molecule has 0 aliphatic heterocycles. The maximum atomic E-state index is 12.6. The van der Waals surface area contributed by atoms with Gasteiger partial charge in [0.1, 0.15) is 4.90 Å². The van der Waals surface area contributed by atoms with Crippen LogP contribution in [-0.2, 0) is 10.0 Å². The third kappa shape index (κ3) is 3.90. The molecule has 3 N–H and O–H groups in total. The van der Waals surface area contributed by atoms with Gasteiger partial charge in [-0.3, -0.25) is 0 Å². The second-order valence-electron chi connectivity index (χ2n) is 6.10.